The number of rotatable bonds is 3. The molecule has 0 aliphatic carbocycles. The van der Waals surface area contributed by atoms with Crippen LogP contribution < -0.4 is 5.73 Å². The van der Waals surface area contributed by atoms with Gasteiger partial charge in [0.05, 0.1) is 10.6 Å². The molecule has 0 saturated heterocycles. The summed E-state index contributed by atoms with van der Waals surface area (Å²) in [6.07, 6.45) is 0. The Hall–Kier alpha value is -1.81. The van der Waals surface area contributed by atoms with Gasteiger partial charge in [-0.05, 0) is 29.8 Å². The van der Waals surface area contributed by atoms with Crippen molar-refractivity contribution in [2.45, 2.75) is 10.6 Å². The Morgan fingerprint density at radius 1 is 0.882 bits per heavy atom. The Labute approximate surface area is 101 Å². The first-order valence-corrected chi connectivity index (χ1v) is 6.85. The first-order chi connectivity index (χ1) is 8.08. The van der Waals surface area contributed by atoms with Gasteiger partial charge in [0.15, 0.2) is 9.84 Å². The highest BCUT2D eigenvalue weighted by atomic mass is 32.2. The molecular weight excluding hydrogens is 234 g/mol. The van der Waals surface area contributed by atoms with E-state index < -0.39 is 9.84 Å². The van der Waals surface area contributed by atoms with Crippen molar-refractivity contribution < 1.29 is 8.42 Å². The van der Waals surface area contributed by atoms with Gasteiger partial charge in [-0.25, -0.2) is 8.42 Å². The van der Waals surface area contributed by atoms with Gasteiger partial charge in [0.2, 0.25) is 0 Å². The number of hydrogen-bond acceptors (Lipinski definition) is 3. The third kappa shape index (κ3) is 2.85. The number of sulfone groups is 1. The Balaban J connectivity index is 2.29. The molecule has 2 aromatic rings. The molecule has 0 bridgehead atoms. The van der Waals surface area contributed by atoms with Crippen LogP contribution in [0.2, 0.25) is 0 Å². The molecule has 0 atom stereocenters. The fraction of sp³-hybridized carbons (Fsp3) is 0.0769. The van der Waals surface area contributed by atoms with Gasteiger partial charge in [0, 0.05) is 5.69 Å². The van der Waals surface area contributed by atoms with Crippen LogP contribution in [0.1, 0.15) is 5.56 Å². The minimum Gasteiger partial charge on any atom is -0.399 e. The fourth-order valence-corrected chi connectivity index (χ4v) is 2.90. The molecule has 3 nitrogen and oxygen atoms in total. The summed E-state index contributed by atoms with van der Waals surface area (Å²) in [6.45, 7) is 0. The molecule has 2 aromatic carbocycles. The zero-order valence-electron chi connectivity index (χ0n) is 9.21. The number of benzene rings is 2. The zero-order valence-corrected chi connectivity index (χ0v) is 10.0. The van der Waals surface area contributed by atoms with E-state index in [-0.39, 0.29) is 5.75 Å². The molecule has 0 unspecified atom stereocenters. The predicted octanol–water partition coefficient (Wildman–Crippen LogP) is 2.24. The monoisotopic (exact) mass is 247 g/mol. The molecule has 17 heavy (non-hydrogen) atoms. The lowest BCUT2D eigenvalue weighted by Crippen LogP contribution is -2.04. The summed E-state index contributed by atoms with van der Waals surface area (Å²) in [4.78, 5) is 0.301. The lowest BCUT2D eigenvalue weighted by molar-refractivity contribution is 0.595. The minimum atomic E-state index is -3.29. The zero-order chi connectivity index (χ0) is 12.3. The quantitative estimate of drug-likeness (QED) is 0.846. The number of hydrogen-bond donors (Lipinski definition) is 1. The van der Waals surface area contributed by atoms with E-state index in [9.17, 15) is 8.42 Å². The van der Waals surface area contributed by atoms with Gasteiger partial charge in [-0.3, -0.25) is 0 Å². The van der Waals surface area contributed by atoms with E-state index >= 15 is 0 Å². The molecule has 4 heteroatoms. The highest BCUT2D eigenvalue weighted by Crippen LogP contribution is 2.17. The Bertz CT molecular complexity index is 589. The molecule has 0 aromatic heterocycles. The lowest BCUT2D eigenvalue weighted by atomic mass is 10.2. The van der Waals surface area contributed by atoms with Crippen LogP contribution in [-0.2, 0) is 15.6 Å². The molecule has 0 aliphatic rings. The average molecular weight is 247 g/mol. The third-order valence-corrected chi connectivity index (χ3v) is 4.14. The molecule has 88 valence electrons. The second-order valence-electron chi connectivity index (χ2n) is 3.81. The van der Waals surface area contributed by atoms with Crippen molar-refractivity contribution in [2.75, 3.05) is 5.73 Å². The maximum absolute atomic E-state index is 12.1. The van der Waals surface area contributed by atoms with Crippen molar-refractivity contribution >= 4 is 15.5 Å². The largest absolute Gasteiger partial charge is 0.399 e. The van der Waals surface area contributed by atoms with E-state index in [1.165, 1.54) is 12.1 Å². The van der Waals surface area contributed by atoms with Crippen LogP contribution in [-0.4, -0.2) is 8.42 Å². The minimum absolute atomic E-state index is 0.0117. The van der Waals surface area contributed by atoms with Crippen LogP contribution in [0.25, 0.3) is 0 Å². The van der Waals surface area contributed by atoms with Gasteiger partial charge in [0.25, 0.3) is 0 Å². The lowest BCUT2D eigenvalue weighted by Gasteiger charge is -2.04. The molecule has 0 fully saturated rings. The van der Waals surface area contributed by atoms with Crippen molar-refractivity contribution in [3.8, 4) is 0 Å². The first-order valence-electron chi connectivity index (χ1n) is 5.20. The van der Waals surface area contributed by atoms with Crippen molar-refractivity contribution in [1.29, 1.82) is 0 Å². The second-order valence-corrected chi connectivity index (χ2v) is 5.80. The van der Waals surface area contributed by atoms with Gasteiger partial charge in [0.1, 0.15) is 0 Å². The van der Waals surface area contributed by atoms with Gasteiger partial charge < -0.3 is 5.73 Å². The molecule has 2 rings (SSSR count). The number of anilines is 1. The fourth-order valence-electron chi connectivity index (χ4n) is 1.55. The van der Waals surface area contributed by atoms with Crippen LogP contribution >= 0.6 is 0 Å². The second kappa shape index (κ2) is 4.59. The Morgan fingerprint density at radius 2 is 1.47 bits per heavy atom. The summed E-state index contributed by atoms with van der Waals surface area (Å²) >= 11 is 0. The molecular formula is C13H13NO2S. The molecule has 0 amide bonds. The summed E-state index contributed by atoms with van der Waals surface area (Å²) in [5.74, 6) is 0.0117. The summed E-state index contributed by atoms with van der Waals surface area (Å²) < 4.78 is 24.1. The molecule has 0 heterocycles. The molecule has 0 aliphatic heterocycles. The smallest absolute Gasteiger partial charge is 0.182 e. The van der Waals surface area contributed by atoms with E-state index in [2.05, 4.69) is 0 Å². The van der Waals surface area contributed by atoms with Crippen molar-refractivity contribution in [1.82, 2.24) is 0 Å². The van der Waals surface area contributed by atoms with Crippen molar-refractivity contribution in [3.05, 3.63) is 60.2 Å². The van der Waals surface area contributed by atoms with E-state index in [1.54, 1.807) is 24.3 Å². The van der Waals surface area contributed by atoms with Crippen LogP contribution in [0.5, 0.6) is 0 Å². The predicted molar refractivity (Wildman–Crippen MR) is 68.2 cm³/mol. The topological polar surface area (TPSA) is 60.2 Å². The normalized spacial score (nSPS) is 11.3. The summed E-state index contributed by atoms with van der Waals surface area (Å²) in [5, 5.41) is 0. The van der Waals surface area contributed by atoms with Crippen molar-refractivity contribution in [2.24, 2.45) is 0 Å². The van der Waals surface area contributed by atoms with Crippen LogP contribution in [0.15, 0.2) is 59.5 Å². The van der Waals surface area contributed by atoms with Gasteiger partial charge in [-0.2, -0.15) is 0 Å². The maximum atomic E-state index is 12.1. The van der Waals surface area contributed by atoms with E-state index in [1.807, 2.05) is 18.2 Å². The highest BCUT2D eigenvalue weighted by Gasteiger charge is 2.14. The van der Waals surface area contributed by atoms with Crippen LogP contribution in [0.3, 0.4) is 0 Å². The number of nitrogen functional groups attached to an aromatic ring is 1. The number of nitrogens with two attached hydrogens (primary N) is 1. The Morgan fingerprint density at radius 3 is 2.06 bits per heavy atom. The Kier molecular flexibility index (Phi) is 3.15. The molecule has 0 saturated carbocycles. The van der Waals surface area contributed by atoms with Crippen LogP contribution in [0, 0.1) is 0 Å². The average Bonchev–Trinajstić information content (AvgIpc) is 2.30. The van der Waals surface area contributed by atoms with E-state index in [4.69, 9.17) is 5.73 Å². The summed E-state index contributed by atoms with van der Waals surface area (Å²) in [7, 11) is -3.29. The highest BCUT2D eigenvalue weighted by molar-refractivity contribution is 7.90. The molecule has 0 radical (unpaired) electrons. The summed E-state index contributed by atoms with van der Waals surface area (Å²) in [5.41, 5.74) is 6.87. The SMILES string of the molecule is Nc1ccc(S(=O)(=O)Cc2ccccc2)cc1. The van der Waals surface area contributed by atoms with E-state index in [0.29, 0.717) is 10.6 Å². The molecule has 0 spiro atoms. The van der Waals surface area contributed by atoms with Crippen molar-refractivity contribution in [3.63, 3.8) is 0 Å². The third-order valence-electron chi connectivity index (χ3n) is 2.44. The summed E-state index contributed by atoms with van der Waals surface area (Å²) in [6, 6.07) is 15.4. The van der Waals surface area contributed by atoms with Gasteiger partial charge in [-0.15, -0.1) is 0 Å². The van der Waals surface area contributed by atoms with Gasteiger partial charge >= 0.3 is 0 Å². The van der Waals surface area contributed by atoms with Crippen LogP contribution in [0.4, 0.5) is 5.69 Å². The maximum Gasteiger partial charge on any atom is 0.182 e. The van der Waals surface area contributed by atoms with E-state index in [0.717, 1.165) is 5.56 Å². The van der Waals surface area contributed by atoms with Gasteiger partial charge in [-0.1, -0.05) is 30.3 Å². The molecule has 2 N–H and O–H groups in total. The first kappa shape index (κ1) is 11.7. The standard InChI is InChI=1S/C13H13NO2S/c14-12-6-8-13(9-7-12)17(15,16)10-11-4-2-1-3-5-11/h1-9H,10,14H2.